The number of carbonyl (C=O) groups is 1. The van der Waals surface area contributed by atoms with Crippen molar-refractivity contribution in [2.24, 2.45) is 5.41 Å². The van der Waals surface area contributed by atoms with E-state index in [1.807, 2.05) is 23.3 Å². The molecule has 2 N–H and O–H groups in total. The van der Waals surface area contributed by atoms with Crippen molar-refractivity contribution in [1.29, 1.82) is 0 Å². The lowest BCUT2D eigenvalue weighted by atomic mass is 9.93. The van der Waals surface area contributed by atoms with Crippen molar-refractivity contribution < 1.29 is 4.79 Å². The Labute approximate surface area is 152 Å². The summed E-state index contributed by atoms with van der Waals surface area (Å²) in [5, 5.41) is 10.0. The van der Waals surface area contributed by atoms with E-state index in [9.17, 15) is 4.79 Å². The topological polar surface area (TPSA) is 57.3 Å². The van der Waals surface area contributed by atoms with Gasteiger partial charge in [-0.05, 0) is 37.8 Å². The van der Waals surface area contributed by atoms with E-state index in [-0.39, 0.29) is 0 Å². The first kappa shape index (κ1) is 16.8. The first-order chi connectivity index (χ1) is 11.8. The third-order valence-electron chi connectivity index (χ3n) is 5.65. The Balaban J connectivity index is 1.44. The molecule has 1 spiro atoms. The van der Waals surface area contributed by atoms with Gasteiger partial charge in [-0.1, -0.05) is 0 Å². The number of piperidine rings is 1. The Kier molecular flexibility index (Phi) is 5.13. The Morgan fingerprint density at radius 2 is 2.25 bits per heavy atom. The van der Waals surface area contributed by atoms with E-state index < -0.39 is 0 Å². The van der Waals surface area contributed by atoms with Crippen molar-refractivity contribution >= 4 is 29.0 Å². The van der Waals surface area contributed by atoms with Crippen LogP contribution in [0.25, 0.3) is 0 Å². The lowest BCUT2D eigenvalue weighted by Gasteiger charge is -2.31. The van der Waals surface area contributed by atoms with Crippen LogP contribution in [-0.4, -0.2) is 59.0 Å². The summed E-state index contributed by atoms with van der Waals surface area (Å²) < 4.78 is 0. The maximum atomic E-state index is 13.1. The number of nitrogens with zero attached hydrogens (tertiary/aromatic N) is 2. The number of rotatable bonds is 5. The van der Waals surface area contributed by atoms with Gasteiger partial charge in [0.2, 0.25) is 5.91 Å². The number of thiazole rings is 1. The maximum absolute atomic E-state index is 13.1. The van der Waals surface area contributed by atoms with Crippen LogP contribution in [0.5, 0.6) is 0 Å². The third kappa shape index (κ3) is 3.64. The van der Waals surface area contributed by atoms with Crippen LogP contribution in [0.1, 0.15) is 30.7 Å². The van der Waals surface area contributed by atoms with E-state index in [1.54, 1.807) is 11.3 Å². The normalized spacial score (nSPS) is 28.7. The molecule has 3 heterocycles. The summed E-state index contributed by atoms with van der Waals surface area (Å²) in [6.07, 6.45) is 6.06. The van der Waals surface area contributed by atoms with Gasteiger partial charge >= 0.3 is 0 Å². The largest absolute Gasteiger partial charge is 0.332 e. The standard InChI is InChI=1S/C17H26N4OS2/c22-16(9-13-12-23-7-5-19-13)21(11-15-20-6-8-24-15)14-10-17(14)1-3-18-4-2-17/h6,8,13-14,18-19H,1-5,7,9-12H2. The van der Waals surface area contributed by atoms with Crippen LogP contribution < -0.4 is 10.6 Å². The molecule has 2 atom stereocenters. The van der Waals surface area contributed by atoms with Gasteiger partial charge in [-0.3, -0.25) is 4.79 Å². The van der Waals surface area contributed by atoms with E-state index in [0.717, 1.165) is 36.1 Å². The fourth-order valence-electron chi connectivity index (χ4n) is 4.16. The molecule has 5 nitrogen and oxygen atoms in total. The summed E-state index contributed by atoms with van der Waals surface area (Å²) in [6.45, 7) is 3.90. The summed E-state index contributed by atoms with van der Waals surface area (Å²) in [4.78, 5) is 19.7. The fourth-order valence-corrected chi connectivity index (χ4v) is 5.72. The molecule has 4 rings (SSSR count). The van der Waals surface area contributed by atoms with Gasteiger partial charge < -0.3 is 15.5 Å². The molecule has 1 aromatic heterocycles. The molecule has 3 aliphatic rings. The highest BCUT2D eigenvalue weighted by Crippen LogP contribution is 2.56. The first-order valence-corrected chi connectivity index (χ1v) is 11.0. The molecule has 1 amide bonds. The van der Waals surface area contributed by atoms with Gasteiger partial charge in [0.15, 0.2) is 0 Å². The number of nitrogens with one attached hydrogen (secondary N) is 2. The molecule has 0 bridgehead atoms. The molecule has 2 unspecified atom stereocenters. The van der Waals surface area contributed by atoms with Crippen molar-refractivity contribution in [3.05, 3.63) is 16.6 Å². The van der Waals surface area contributed by atoms with Crippen LogP contribution in [0.15, 0.2) is 11.6 Å². The van der Waals surface area contributed by atoms with Gasteiger partial charge in [0, 0.05) is 48.1 Å². The SMILES string of the molecule is O=C(CC1CSCCN1)N(Cc1nccs1)C1CC12CCNCC2. The van der Waals surface area contributed by atoms with Crippen molar-refractivity contribution in [3.63, 3.8) is 0 Å². The van der Waals surface area contributed by atoms with Crippen LogP contribution in [-0.2, 0) is 11.3 Å². The van der Waals surface area contributed by atoms with Crippen molar-refractivity contribution in [2.75, 3.05) is 31.1 Å². The van der Waals surface area contributed by atoms with Gasteiger partial charge in [-0.25, -0.2) is 4.98 Å². The Hall–Kier alpha value is -0.630. The first-order valence-electron chi connectivity index (χ1n) is 8.96. The smallest absolute Gasteiger partial charge is 0.224 e. The second-order valence-corrected chi connectivity index (χ2v) is 9.34. The molecular formula is C17H26N4OS2. The van der Waals surface area contributed by atoms with Gasteiger partial charge in [0.1, 0.15) is 5.01 Å². The Morgan fingerprint density at radius 3 is 2.96 bits per heavy atom. The van der Waals surface area contributed by atoms with Crippen LogP contribution in [0.2, 0.25) is 0 Å². The summed E-state index contributed by atoms with van der Waals surface area (Å²) in [5.41, 5.74) is 0.382. The maximum Gasteiger partial charge on any atom is 0.224 e. The van der Waals surface area contributed by atoms with E-state index in [1.165, 1.54) is 19.3 Å². The van der Waals surface area contributed by atoms with Crippen molar-refractivity contribution in [1.82, 2.24) is 20.5 Å². The summed E-state index contributed by atoms with van der Waals surface area (Å²) >= 11 is 3.61. The lowest BCUT2D eigenvalue weighted by Crippen LogP contribution is -2.44. The number of amides is 1. The number of aromatic nitrogens is 1. The van der Waals surface area contributed by atoms with Crippen LogP contribution >= 0.6 is 23.1 Å². The lowest BCUT2D eigenvalue weighted by molar-refractivity contribution is -0.133. The molecule has 3 fully saturated rings. The second kappa shape index (κ2) is 7.32. The van der Waals surface area contributed by atoms with Gasteiger partial charge in [0.25, 0.3) is 0 Å². The number of carbonyl (C=O) groups excluding carboxylic acids is 1. The number of thioether (sulfide) groups is 1. The molecule has 132 valence electrons. The van der Waals surface area contributed by atoms with E-state index in [2.05, 4.69) is 20.5 Å². The predicted octanol–water partition coefficient (Wildman–Crippen LogP) is 1.71. The average Bonchev–Trinajstić information content (AvgIpc) is 3.05. The van der Waals surface area contributed by atoms with Crippen LogP contribution in [0.3, 0.4) is 0 Å². The zero-order valence-electron chi connectivity index (χ0n) is 14.0. The minimum Gasteiger partial charge on any atom is -0.332 e. The quantitative estimate of drug-likeness (QED) is 0.831. The molecule has 7 heteroatoms. The zero-order valence-corrected chi connectivity index (χ0v) is 15.6. The molecule has 1 aromatic rings. The number of hydrogen-bond acceptors (Lipinski definition) is 6. The van der Waals surface area contributed by atoms with Crippen LogP contribution in [0, 0.1) is 5.41 Å². The Morgan fingerprint density at radius 1 is 1.38 bits per heavy atom. The molecule has 2 saturated heterocycles. The minimum absolute atomic E-state index is 0.311. The summed E-state index contributed by atoms with van der Waals surface area (Å²) in [7, 11) is 0. The molecular weight excluding hydrogens is 340 g/mol. The van der Waals surface area contributed by atoms with Crippen molar-refractivity contribution in [3.8, 4) is 0 Å². The zero-order chi connectivity index (χ0) is 16.4. The van der Waals surface area contributed by atoms with Gasteiger partial charge in [0.05, 0.1) is 6.54 Å². The number of hydrogen-bond donors (Lipinski definition) is 2. The molecule has 1 aliphatic carbocycles. The van der Waals surface area contributed by atoms with E-state index in [4.69, 9.17) is 0 Å². The second-order valence-electron chi connectivity index (χ2n) is 7.21. The Bertz CT molecular complexity index is 553. The summed E-state index contributed by atoms with van der Waals surface area (Å²) in [5.74, 6) is 2.52. The summed E-state index contributed by atoms with van der Waals surface area (Å²) in [6, 6.07) is 0.755. The highest BCUT2D eigenvalue weighted by Gasteiger charge is 2.57. The molecule has 1 saturated carbocycles. The molecule has 0 aromatic carbocycles. The highest BCUT2D eigenvalue weighted by molar-refractivity contribution is 7.99. The monoisotopic (exact) mass is 366 g/mol. The fraction of sp³-hybridized carbons (Fsp3) is 0.765. The van der Waals surface area contributed by atoms with Crippen LogP contribution in [0.4, 0.5) is 0 Å². The molecule has 0 radical (unpaired) electrons. The third-order valence-corrected chi connectivity index (χ3v) is 7.55. The van der Waals surface area contributed by atoms with Gasteiger partial charge in [-0.15, -0.1) is 11.3 Å². The van der Waals surface area contributed by atoms with Gasteiger partial charge in [-0.2, -0.15) is 11.8 Å². The highest BCUT2D eigenvalue weighted by atomic mass is 32.2. The van der Waals surface area contributed by atoms with Crippen molar-refractivity contribution in [2.45, 2.75) is 44.3 Å². The molecule has 24 heavy (non-hydrogen) atoms. The van der Waals surface area contributed by atoms with E-state index >= 15 is 0 Å². The molecule has 2 aliphatic heterocycles. The minimum atomic E-state index is 0.311. The average molecular weight is 367 g/mol. The predicted molar refractivity (Wildman–Crippen MR) is 99.3 cm³/mol. The van der Waals surface area contributed by atoms with E-state index in [0.29, 0.717) is 36.4 Å².